The van der Waals surface area contributed by atoms with Gasteiger partial charge in [0.05, 0.1) is 12.7 Å². The number of hydrogen-bond acceptors (Lipinski definition) is 6. The first kappa shape index (κ1) is 28.6. The van der Waals surface area contributed by atoms with Crippen LogP contribution in [0.4, 0.5) is 0 Å². The number of aliphatic hydroxyl groups excluding tert-OH is 1. The highest BCUT2D eigenvalue weighted by Gasteiger charge is 2.63. The molecular weight excluding hydrogens is 468 g/mol. The van der Waals surface area contributed by atoms with Gasteiger partial charge in [-0.15, -0.1) is 0 Å². The summed E-state index contributed by atoms with van der Waals surface area (Å²) in [5.74, 6) is 2.13. The molecular formula is C31H50O6. The second kappa shape index (κ2) is 11.0. The lowest BCUT2D eigenvalue weighted by Crippen LogP contribution is -2.54. The van der Waals surface area contributed by atoms with Gasteiger partial charge in [0.2, 0.25) is 0 Å². The highest BCUT2D eigenvalue weighted by molar-refractivity contribution is 5.81. The van der Waals surface area contributed by atoms with Gasteiger partial charge in [-0.2, -0.15) is 0 Å². The summed E-state index contributed by atoms with van der Waals surface area (Å²) in [7, 11) is 0. The van der Waals surface area contributed by atoms with E-state index in [0.29, 0.717) is 43.1 Å². The highest BCUT2D eigenvalue weighted by Crippen LogP contribution is 2.68. The van der Waals surface area contributed by atoms with Gasteiger partial charge >= 0.3 is 11.9 Å². The van der Waals surface area contributed by atoms with E-state index in [1.807, 2.05) is 13.8 Å². The van der Waals surface area contributed by atoms with E-state index in [4.69, 9.17) is 9.47 Å². The molecule has 0 bridgehead atoms. The number of carbonyl (C=O) groups excluding carboxylic acids is 3. The largest absolute Gasteiger partial charge is 0.466 e. The highest BCUT2D eigenvalue weighted by atomic mass is 16.5. The molecule has 0 amide bonds. The van der Waals surface area contributed by atoms with Crippen LogP contribution in [0, 0.1) is 52.3 Å². The van der Waals surface area contributed by atoms with Crippen LogP contribution in [0.1, 0.15) is 106 Å². The average Bonchev–Trinajstić information content (AvgIpc) is 3.10. The second-order valence-corrected chi connectivity index (χ2v) is 13.7. The van der Waals surface area contributed by atoms with Crippen molar-refractivity contribution in [3.8, 4) is 0 Å². The van der Waals surface area contributed by atoms with Crippen molar-refractivity contribution >= 4 is 17.7 Å². The van der Waals surface area contributed by atoms with Crippen LogP contribution in [0.3, 0.4) is 0 Å². The molecule has 4 fully saturated rings. The minimum Gasteiger partial charge on any atom is -0.466 e. The molecule has 4 rings (SSSR count). The average molecular weight is 519 g/mol. The lowest BCUT2D eigenvalue weighted by molar-refractivity contribution is -0.160. The van der Waals surface area contributed by atoms with Gasteiger partial charge < -0.3 is 14.6 Å². The summed E-state index contributed by atoms with van der Waals surface area (Å²) in [6, 6.07) is 0. The molecule has 11 atom stereocenters. The van der Waals surface area contributed by atoms with Gasteiger partial charge in [-0.1, -0.05) is 27.7 Å². The van der Waals surface area contributed by atoms with Gasteiger partial charge in [-0.3, -0.25) is 14.4 Å². The predicted molar refractivity (Wildman–Crippen MR) is 141 cm³/mol. The summed E-state index contributed by atoms with van der Waals surface area (Å²) in [5, 5.41) is 11.4. The van der Waals surface area contributed by atoms with Gasteiger partial charge in [0.25, 0.3) is 0 Å². The van der Waals surface area contributed by atoms with Crippen molar-refractivity contribution in [2.75, 3.05) is 6.61 Å². The fraction of sp³-hybridized carbons (Fsp3) is 0.903. The first-order valence-electron chi connectivity index (χ1n) is 14.9. The van der Waals surface area contributed by atoms with Gasteiger partial charge in [0, 0.05) is 26.2 Å². The molecule has 4 aliphatic rings. The van der Waals surface area contributed by atoms with Crippen LogP contribution in [-0.4, -0.2) is 41.6 Å². The molecule has 0 aromatic carbocycles. The summed E-state index contributed by atoms with van der Waals surface area (Å²) in [6.07, 6.45) is 9.35. The zero-order valence-corrected chi connectivity index (χ0v) is 24.0. The molecule has 6 heteroatoms. The molecule has 4 saturated carbocycles. The van der Waals surface area contributed by atoms with Crippen molar-refractivity contribution in [1.29, 1.82) is 0 Å². The SMILES string of the molecule is CC(=O)OCC(C)CCC(=O)C(C)C1C(O)CC2C3CCC4CC(OC(C)=O)CCC4(C)C3CCC21C. The quantitative estimate of drug-likeness (QED) is 0.413. The summed E-state index contributed by atoms with van der Waals surface area (Å²) < 4.78 is 10.7. The van der Waals surface area contributed by atoms with Crippen LogP contribution in [0.15, 0.2) is 0 Å². The molecule has 11 unspecified atom stereocenters. The predicted octanol–water partition coefficient (Wildman–Crippen LogP) is 5.73. The number of ketones is 1. The number of hydrogen-bond donors (Lipinski definition) is 1. The Morgan fingerprint density at radius 2 is 1.62 bits per heavy atom. The Balaban J connectivity index is 1.42. The van der Waals surface area contributed by atoms with Crippen molar-refractivity contribution in [2.45, 2.75) is 118 Å². The Hall–Kier alpha value is -1.43. The van der Waals surface area contributed by atoms with Crippen LogP contribution in [-0.2, 0) is 23.9 Å². The molecule has 4 aliphatic carbocycles. The molecule has 210 valence electrons. The standard InChI is InChI=1S/C31H50O6/c1-18(17-36-20(3)32)7-10-27(34)19(2)29-28(35)16-26-24-9-8-22-15-23(37-21(4)33)11-13-30(22,5)25(24)12-14-31(26,29)6/h18-19,22-26,28-29,35H,7-17H2,1-6H3. The number of esters is 2. The summed E-state index contributed by atoms with van der Waals surface area (Å²) in [5.41, 5.74) is 0.278. The molecule has 0 aromatic rings. The van der Waals surface area contributed by atoms with Gasteiger partial charge in [-0.05, 0) is 104 Å². The van der Waals surface area contributed by atoms with Crippen molar-refractivity contribution < 1.29 is 29.0 Å². The number of aliphatic hydroxyl groups is 1. The normalized spacial score (nSPS) is 42.5. The van der Waals surface area contributed by atoms with Crippen LogP contribution >= 0.6 is 0 Å². The number of carbonyl (C=O) groups is 3. The maximum absolute atomic E-state index is 13.3. The monoisotopic (exact) mass is 518 g/mol. The van der Waals surface area contributed by atoms with E-state index >= 15 is 0 Å². The Bertz CT molecular complexity index is 870. The Kier molecular flexibility index (Phi) is 8.48. The number of Topliss-reactive ketones (excluding diaryl/α,β-unsaturated/α-hetero) is 1. The van der Waals surface area contributed by atoms with E-state index in [-0.39, 0.29) is 52.4 Å². The third kappa shape index (κ3) is 5.51. The number of ether oxygens (including phenoxy) is 2. The molecule has 0 radical (unpaired) electrons. The van der Waals surface area contributed by atoms with E-state index in [9.17, 15) is 19.5 Å². The molecule has 0 saturated heterocycles. The molecule has 0 heterocycles. The summed E-state index contributed by atoms with van der Waals surface area (Å²) in [6.45, 7) is 12.2. The van der Waals surface area contributed by atoms with Crippen molar-refractivity contribution in [2.24, 2.45) is 52.3 Å². The van der Waals surface area contributed by atoms with E-state index in [1.165, 1.54) is 33.1 Å². The van der Waals surface area contributed by atoms with Crippen LogP contribution in [0.2, 0.25) is 0 Å². The van der Waals surface area contributed by atoms with E-state index in [2.05, 4.69) is 13.8 Å². The molecule has 0 spiro atoms. The van der Waals surface area contributed by atoms with Gasteiger partial charge in [-0.25, -0.2) is 0 Å². The van der Waals surface area contributed by atoms with Crippen LogP contribution in [0.5, 0.6) is 0 Å². The van der Waals surface area contributed by atoms with Gasteiger partial charge in [0.1, 0.15) is 11.9 Å². The first-order chi connectivity index (χ1) is 17.4. The van der Waals surface area contributed by atoms with Crippen molar-refractivity contribution in [3.05, 3.63) is 0 Å². The minimum atomic E-state index is -0.420. The van der Waals surface area contributed by atoms with Crippen LogP contribution < -0.4 is 0 Å². The molecule has 0 aliphatic heterocycles. The van der Waals surface area contributed by atoms with Crippen LogP contribution in [0.25, 0.3) is 0 Å². The smallest absolute Gasteiger partial charge is 0.302 e. The lowest BCUT2D eigenvalue weighted by atomic mass is 9.44. The molecule has 37 heavy (non-hydrogen) atoms. The Morgan fingerprint density at radius 3 is 2.30 bits per heavy atom. The second-order valence-electron chi connectivity index (χ2n) is 13.7. The first-order valence-corrected chi connectivity index (χ1v) is 14.9. The topological polar surface area (TPSA) is 89.9 Å². The summed E-state index contributed by atoms with van der Waals surface area (Å²) >= 11 is 0. The Labute approximate surface area is 223 Å². The zero-order valence-electron chi connectivity index (χ0n) is 24.0. The summed E-state index contributed by atoms with van der Waals surface area (Å²) in [4.78, 5) is 35.9. The van der Waals surface area contributed by atoms with Gasteiger partial charge in [0.15, 0.2) is 0 Å². The minimum absolute atomic E-state index is 0.00282. The number of fused-ring (bicyclic) bond motifs is 5. The molecule has 0 aromatic heterocycles. The zero-order chi connectivity index (χ0) is 27.1. The fourth-order valence-corrected chi connectivity index (χ4v) is 9.68. The van der Waals surface area contributed by atoms with Crippen molar-refractivity contribution in [3.63, 3.8) is 0 Å². The van der Waals surface area contributed by atoms with E-state index < -0.39 is 6.10 Å². The third-order valence-corrected chi connectivity index (χ3v) is 11.6. The van der Waals surface area contributed by atoms with Crippen molar-refractivity contribution in [1.82, 2.24) is 0 Å². The molecule has 6 nitrogen and oxygen atoms in total. The third-order valence-electron chi connectivity index (χ3n) is 11.6. The number of rotatable bonds is 8. The van der Waals surface area contributed by atoms with E-state index in [0.717, 1.165) is 32.1 Å². The Morgan fingerprint density at radius 1 is 0.919 bits per heavy atom. The fourth-order valence-electron chi connectivity index (χ4n) is 9.68. The van der Waals surface area contributed by atoms with E-state index in [1.54, 1.807) is 0 Å². The maximum Gasteiger partial charge on any atom is 0.302 e. The molecule has 1 N–H and O–H groups in total. The maximum atomic E-state index is 13.3. The lowest BCUT2D eigenvalue weighted by Gasteiger charge is -2.61.